The molecule has 0 unspecified atom stereocenters. The van der Waals surface area contributed by atoms with Crippen LogP contribution in [0.15, 0.2) is 24.3 Å². The Hall–Kier alpha value is -1.15. The van der Waals surface area contributed by atoms with Crippen LogP contribution in [0.3, 0.4) is 0 Å². The monoisotopic (exact) mass is 259 g/mol. The molecule has 19 heavy (non-hydrogen) atoms. The van der Waals surface area contributed by atoms with E-state index in [9.17, 15) is 4.79 Å². The fraction of sp³-hybridized carbons (Fsp3) is 0.588. The molecule has 2 nitrogen and oxygen atoms in total. The normalized spacial score (nSPS) is 19.6. The number of benzene rings is 1. The predicted molar refractivity (Wildman–Crippen MR) is 79.5 cm³/mol. The molecule has 0 radical (unpaired) electrons. The number of carbonyl (C=O) groups excluding carboxylic acids is 1. The van der Waals surface area contributed by atoms with E-state index in [1.54, 1.807) is 6.92 Å². The highest BCUT2D eigenvalue weighted by Gasteiger charge is 2.41. The molecule has 0 amide bonds. The Balaban J connectivity index is 2.32. The van der Waals surface area contributed by atoms with Gasteiger partial charge >= 0.3 is 0 Å². The number of Topliss-reactive ketones (excluding diaryl/α,β-unsaturated/α-hetero) is 1. The van der Waals surface area contributed by atoms with Crippen LogP contribution in [0.4, 0.5) is 0 Å². The largest absolute Gasteiger partial charge is 0.301 e. The van der Waals surface area contributed by atoms with Crippen molar-refractivity contribution >= 4 is 5.78 Å². The SMILES string of the molecule is CC(=O)C1(c2ccccc2C)CCN(C(C)C)CC1. The van der Waals surface area contributed by atoms with Gasteiger partial charge in [-0.05, 0) is 64.8 Å². The number of nitrogens with zero attached hydrogens (tertiary/aromatic N) is 1. The standard InChI is InChI=1S/C17H25NO/c1-13(2)18-11-9-17(10-12-18,15(4)19)16-8-6-5-7-14(16)3/h5-8,13H,9-12H2,1-4H3. The Morgan fingerprint density at radius 3 is 2.26 bits per heavy atom. The molecule has 0 spiro atoms. The van der Waals surface area contributed by atoms with E-state index in [-0.39, 0.29) is 5.41 Å². The van der Waals surface area contributed by atoms with Gasteiger partial charge < -0.3 is 4.90 Å². The van der Waals surface area contributed by atoms with Crippen molar-refractivity contribution < 1.29 is 4.79 Å². The lowest BCUT2D eigenvalue weighted by atomic mass is 9.68. The van der Waals surface area contributed by atoms with Gasteiger partial charge in [-0.25, -0.2) is 0 Å². The van der Waals surface area contributed by atoms with Crippen LogP contribution in [0, 0.1) is 6.92 Å². The molecule has 0 aliphatic carbocycles. The first-order valence-corrected chi connectivity index (χ1v) is 7.28. The molecule has 1 aromatic rings. The summed E-state index contributed by atoms with van der Waals surface area (Å²) in [7, 11) is 0. The lowest BCUT2D eigenvalue weighted by Gasteiger charge is -2.42. The highest BCUT2D eigenvalue weighted by Crippen LogP contribution is 2.38. The van der Waals surface area contributed by atoms with Crippen molar-refractivity contribution in [2.75, 3.05) is 13.1 Å². The minimum Gasteiger partial charge on any atom is -0.301 e. The summed E-state index contributed by atoms with van der Waals surface area (Å²) in [6.07, 6.45) is 1.90. The summed E-state index contributed by atoms with van der Waals surface area (Å²) < 4.78 is 0. The van der Waals surface area contributed by atoms with Crippen molar-refractivity contribution in [3.05, 3.63) is 35.4 Å². The van der Waals surface area contributed by atoms with Gasteiger partial charge in [0.1, 0.15) is 5.78 Å². The second-order valence-electron chi connectivity index (χ2n) is 6.08. The van der Waals surface area contributed by atoms with E-state index in [2.05, 4.69) is 49.9 Å². The van der Waals surface area contributed by atoms with E-state index in [0.29, 0.717) is 11.8 Å². The zero-order chi connectivity index (χ0) is 14.0. The van der Waals surface area contributed by atoms with Crippen LogP contribution < -0.4 is 0 Å². The summed E-state index contributed by atoms with van der Waals surface area (Å²) >= 11 is 0. The molecule has 104 valence electrons. The summed E-state index contributed by atoms with van der Waals surface area (Å²) in [6, 6.07) is 8.94. The summed E-state index contributed by atoms with van der Waals surface area (Å²) in [5.74, 6) is 0.324. The van der Waals surface area contributed by atoms with Crippen molar-refractivity contribution in [2.24, 2.45) is 0 Å². The van der Waals surface area contributed by atoms with Crippen molar-refractivity contribution in [3.63, 3.8) is 0 Å². The number of aryl methyl sites for hydroxylation is 1. The van der Waals surface area contributed by atoms with Gasteiger partial charge in [0.15, 0.2) is 0 Å². The molecule has 2 heteroatoms. The van der Waals surface area contributed by atoms with Gasteiger partial charge in [0.05, 0.1) is 5.41 Å². The lowest BCUT2D eigenvalue weighted by molar-refractivity contribution is -0.124. The zero-order valence-electron chi connectivity index (χ0n) is 12.6. The average molecular weight is 259 g/mol. The van der Waals surface area contributed by atoms with Gasteiger partial charge in [0.2, 0.25) is 0 Å². The smallest absolute Gasteiger partial charge is 0.140 e. The third-order valence-corrected chi connectivity index (χ3v) is 4.72. The molecule has 0 N–H and O–H groups in total. The minimum absolute atomic E-state index is 0.253. The van der Waals surface area contributed by atoms with Gasteiger partial charge in [0, 0.05) is 6.04 Å². The summed E-state index contributed by atoms with van der Waals surface area (Å²) in [6.45, 7) is 10.4. The van der Waals surface area contributed by atoms with E-state index in [4.69, 9.17) is 0 Å². The van der Waals surface area contributed by atoms with E-state index in [1.165, 1.54) is 11.1 Å². The quantitative estimate of drug-likeness (QED) is 0.830. The van der Waals surface area contributed by atoms with Crippen molar-refractivity contribution in [1.29, 1.82) is 0 Å². The molecule has 1 saturated heterocycles. The lowest BCUT2D eigenvalue weighted by Crippen LogP contribution is -2.48. The predicted octanol–water partition coefficient (Wildman–Crippen LogP) is 3.33. The number of carbonyl (C=O) groups is 1. The Bertz CT molecular complexity index is 456. The first-order valence-electron chi connectivity index (χ1n) is 7.28. The third kappa shape index (κ3) is 2.59. The third-order valence-electron chi connectivity index (χ3n) is 4.72. The molecule has 0 bridgehead atoms. The number of piperidine rings is 1. The molecular weight excluding hydrogens is 234 g/mol. The minimum atomic E-state index is -0.253. The first-order chi connectivity index (χ1) is 8.97. The van der Waals surface area contributed by atoms with Gasteiger partial charge in [0.25, 0.3) is 0 Å². The van der Waals surface area contributed by atoms with Crippen LogP contribution in [-0.2, 0) is 10.2 Å². The van der Waals surface area contributed by atoms with Crippen molar-refractivity contribution in [1.82, 2.24) is 4.90 Å². The maximum absolute atomic E-state index is 12.3. The first kappa shape index (κ1) is 14.3. The van der Waals surface area contributed by atoms with E-state index < -0.39 is 0 Å². The number of hydrogen-bond donors (Lipinski definition) is 0. The summed E-state index contributed by atoms with van der Waals surface area (Å²) in [5, 5.41) is 0. The Kier molecular flexibility index (Phi) is 4.10. The van der Waals surface area contributed by atoms with E-state index in [1.807, 2.05) is 0 Å². The topological polar surface area (TPSA) is 20.3 Å². The highest BCUT2D eigenvalue weighted by atomic mass is 16.1. The molecule has 1 aliphatic heterocycles. The number of hydrogen-bond acceptors (Lipinski definition) is 2. The van der Waals surface area contributed by atoms with Gasteiger partial charge in [-0.2, -0.15) is 0 Å². The second kappa shape index (κ2) is 5.46. The molecule has 0 aromatic heterocycles. The Labute approximate surface area is 116 Å². The summed E-state index contributed by atoms with van der Waals surface area (Å²) in [4.78, 5) is 14.8. The second-order valence-corrected chi connectivity index (χ2v) is 6.08. The van der Waals surface area contributed by atoms with E-state index >= 15 is 0 Å². The zero-order valence-corrected chi connectivity index (χ0v) is 12.6. The molecule has 1 heterocycles. The molecule has 1 fully saturated rings. The molecule has 1 aliphatic rings. The maximum Gasteiger partial charge on any atom is 0.140 e. The number of likely N-dealkylation sites (tertiary alicyclic amines) is 1. The average Bonchev–Trinajstić information content (AvgIpc) is 2.39. The van der Waals surface area contributed by atoms with E-state index in [0.717, 1.165) is 25.9 Å². The Morgan fingerprint density at radius 2 is 1.79 bits per heavy atom. The van der Waals surface area contributed by atoms with Crippen LogP contribution >= 0.6 is 0 Å². The van der Waals surface area contributed by atoms with Crippen LogP contribution in [-0.4, -0.2) is 29.8 Å². The van der Waals surface area contributed by atoms with Crippen LogP contribution in [0.25, 0.3) is 0 Å². The molecular formula is C17H25NO. The van der Waals surface area contributed by atoms with Gasteiger partial charge in [-0.3, -0.25) is 4.79 Å². The molecule has 2 rings (SSSR count). The summed E-state index contributed by atoms with van der Waals surface area (Å²) in [5.41, 5.74) is 2.23. The molecule has 0 saturated carbocycles. The number of ketones is 1. The molecule has 0 atom stereocenters. The van der Waals surface area contributed by atoms with Gasteiger partial charge in [-0.15, -0.1) is 0 Å². The van der Waals surface area contributed by atoms with Gasteiger partial charge in [-0.1, -0.05) is 24.3 Å². The fourth-order valence-corrected chi connectivity index (χ4v) is 3.34. The Morgan fingerprint density at radius 1 is 1.21 bits per heavy atom. The van der Waals surface area contributed by atoms with Crippen LogP contribution in [0.1, 0.15) is 44.7 Å². The number of rotatable bonds is 3. The van der Waals surface area contributed by atoms with Crippen molar-refractivity contribution in [3.8, 4) is 0 Å². The van der Waals surface area contributed by atoms with Crippen LogP contribution in [0.5, 0.6) is 0 Å². The maximum atomic E-state index is 12.3. The molecule has 1 aromatic carbocycles. The highest BCUT2D eigenvalue weighted by molar-refractivity contribution is 5.88. The van der Waals surface area contributed by atoms with Crippen LogP contribution in [0.2, 0.25) is 0 Å². The van der Waals surface area contributed by atoms with Crippen molar-refractivity contribution in [2.45, 2.75) is 52.0 Å². The fourth-order valence-electron chi connectivity index (χ4n) is 3.34.